The first kappa shape index (κ1) is 26.0. The summed E-state index contributed by atoms with van der Waals surface area (Å²) >= 11 is 0. The number of hydrogen-bond acceptors (Lipinski definition) is 5. The van der Waals surface area contributed by atoms with Crippen molar-refractivity contribution >= 4 is 28.8 Å². The van der Waals surface area contributed by atoms with Gasteiger partial charge in [0.25, 0.3) is 11.7 Å². The Labute approximate surface area is 218 Å². The molecule has 1 unspecified atom stereocenters. The lowest BCUT2D eigenvalue weighted by atomic mass is 9.85. The fraction of sp³-hybridized carbons (Fsp3) is 0.290. The van der Waals surface area contributed by atoms with Crippen molar-refractivity contribution in [3.8, 4) is 5.75 Å². The van der Waals surface area contributed by atoms with Gasteiger partial charge in [0.15, 0.2) is 0 Å². The second kappa shape index (κ2) is 9.77. The van der Waals surface area contributed by atoms with Gasteiger partial charge in [0.1, 0.15) is 11.5 Å². The number of carbonyl (C=O) groups excluding carboxylic acids is 2. The number of carbonyl (C=O) groups is 2. The molecule has 192 valence electrons. The van der Waals surface area contributed by atoms with E-state index in [1.165, 1.54) is 12.0 Å². The first-order valence-electron chi connectivity index (χ1n) is 12.3. The van der Waals surface area contributed by atoms with Gasteiger partial charge in [-0.1, -0.05) is 51.1 Å². The summed E-state index contributed by atoms with van der Waals surface area (Å²) in [5.74, 6) is -1.24. The Morgan fingerprint density at radius 3 is 2.22 bits per heavy atom. The fourth-order valence-electron chi connectivity index (χ4n) is 4.65. The molecular formula is C31H34N2O4. The van der Waals surface area contributed by atoms with E-state index in [0.717, 1.165) is 22.4 Å². The molecule has 4 rings (SSSR count). The van der Waals surface area contributed by atoms with Crippen LogP contribution in [0.5, 0.6) is 5.75 Å². The highest BCUT2D eigenvalue weighted by atomic mass is 16.5. The lowest BCUT2D eigenvalue weighted by Crippen LogP contribution is -2.29. The third kappa shape index (κ3) is 4.84. The van der Waals surface area contributed by atoms with Crippen LogP contribution in [0.4, 0.5) is 11.4 Å². The summed E-state index contributed by atoms with van der Waals surface area (Å²) in [6.07, 6.45) is 0. The van der Waals surface area contributed by atoms with E-state index in [1.807, 2.05) is 80.5 Å². The first-order chi connectivity index (χ1) is 17.4. The normalized spacial score (nSPS) is 17.3. The molecule has 1 aliphatic heterocycles. The van der Waals surface area contributed by atoms with Gasteiger partial charge in [-0.15, -0.1) is 0 Å². The van der Waals surface area contributed by atoms with Crippen molar-refractivity contribution < 1.29 is 19.4 Å². The van der Waals surface area contributed by atoms with E-state index >= 15 is 0 Å². The van der Waals surface area contributed by atoms with Crippen LogP contribution in [-0.2, 0) is 15.0 Å². The molecule has 1 saturated heterocycles. The van der Waals surface area contributed by atoms with Crippen molar-refractivity contribution in [3.63, 3.8) is 0 Å². The molecule has 6 nitrogen and oxygen atoms in total. The van der Waals surface area contributed by atoms with Gasteiger partial charge in [0.2, 0.25) is 0 Å². The van der Waals surface area contributed by atoms with Crippen molar-refractivity contribution in [2.24, 2.45) is 0 Å². The van der Waals surface area contributed by atoms with E-state index in [1.54, 1.807) is 12.1 Å². The Kier molecular flexibility index (Phi) is 6.87. The average molecular weight is 499 g/mol. The van der Waals surface area contributed by atoms with Gasteiger partial charge in [-0.25, -0.2) is 0 Å². The minimum atomic E-state index is -0.805. The van der Waals surface area contributed by atoms with E-state index in [2.05, 4.69) is 20.8 Å². The van der Waals surface area contributed by atoms with E-state index in [4.69, 9.17) is 4.74 Å². The monoisotopic (exact) mass is 498 g/mol. The predicted molar refractivity (Wildman–Crippen MR) is 148 cm³/mol. The number of amides is 1. The van der Waals surface area contributed by atoms with Crippen molar-refractivity contribution in [1.29, 1.82) is 0 Å². The van der Waals surface area contributed by atoms with E-state index in [9.17, 15) is 14.7 Å². The fourth-order valence-corrected chi connectivity index (χ4v) is 4.65. The number of aliphatic hydroxyl groups is 1. The van der Waals surface area contributed by atoms with Crippen LogP contribution in [-0.4, -0.2) is 38.0 Å². The zero-order valence-electron chi connectivity index (χ0n) is 22.5. The van der Waals surface area contributed by atoms with E-state index < -0.39 is 17.7 Å². The molecule has 0 saturated carbocycles. The number of methoxy groups -OCH3 is 1. The van der Waals surface area contributed by atoms with E-state index in [0.29, 0.717) is 17.0 Å². The molecule has 0 bridgehead atoms. The minimum absolute atomic E-state index is 0.0356. The standard InChI is InChI=1S/C31H34N2O4/c1-19-9-8-10-23(17-19)33-27(20-11-14-22(15-12-20)32(5)6)26(29(35)30(33)36)28(34)24-18-21(31(2,3)4)13-16-25(24)37-7/h8-18,27,34H,1-7H3/b28-26+. The highest BCUT2D eigenvalue weighted by Gasteiger charge is 2.47. The largest absolute Gasteiger partial charge is 0.507 e. The Morgan fingerprint density at radius 2 is 1.65 bits per heavy atom. The summed E-state index contributed by atoms with van der Waals surface area (Å²) in [7, 11) is 5.41. The molecule has 0 aromatic heterocycles. The van der Waals surface area contributed by atoms with Crippen LogP contribution in [0, 0.1) is 6.92 Å². The lowest BCUT2D eigenvalue weighted by molar-refractivity contribution is -0.132. The van der Waals surface area contributed by atoms with Gasteiger partial charge in [-0.2, -0.15) is 0 Å². The predicted octanol–water partition coefficient (Wildman–Crippen LogP) is 5.99. The molecule has 1 aliphatic rings. The summed E-state index contributed by atoms with van der Waals surface area (Å²) in [6.45, 7) is 8.15. The maximum Gasteiger partial charge on any atom is 0.300 e. The number of nitrogens with zero attached hydrogens (tertiary/aromatic N) is 2. The number of ketones is 1. The third-order valence-electron chi connectivity index (χ3n) is 6.77. The molecule has 1 N–H and O–H groups in total. The molecule has 1 fully saturated rings. The topological polar surface area (TPSA) is 70.1 Å². The number of rotatable bonds is 5. The maximum atomic E-state index is 13.6. The minimum Gasteiger partial charge on any atom is -0.507 e. The van der Waals surface area contributed by atoms with Crippen LogP contribution >= 0.6 is 0 Å². The highest BCUT2D eigenvalue weighted by Crippen LogP contribution is 2.44. The van der Waals surface area contributed by atoms with Crippen LogP contribution < -0.4 is 14.5 Å². The number of aliphatic hydroxyl groups excluding tert-OH is 1. The van der Waals surface area contributed by atoms with Crippen LogP contribution in [0.1, 0.15) is 49.1 Å². The highest BCUT2D eigenvalue weighted by molar-refractivity contribution is 6.51. The van der Waals surface area contributed by atoms with Gasteiger partial charge in [0.05, 0.1) is 24.3 Å². The van der Waals surface area contributed by atoms with Gasteiger partial charge >= 0.3 is 0 Å². The van der Waals surface area contributed by atoms with E-state index in [-0.39, 0.29) is 16.7 Å². The molecule has 0 radical (unpaired) electrons. The smallest absolute Gasteiger partial charge is 0.300 e. The molecule has 0 aliphatic carbocycles. The average Bonchev–Trinajstić information content (AvgIpc) is 3.13. The first-order valence-corrected chi connectivity index (χ1v) is 12.3. The van der Waals surface area contributed by atoms with Crippen molar-refractivity contribution in [2.75, 3.05) is 31.0 Å². The quantitative estimate of drug-likeness (QED) is 0.266. The second-order valence-electron chi connectivity index (χ2n) is 10.7. The second-order valence-corrected chi connectivity index (χ2v) is 10.7. The van der Waals surface area contributed by atoms with Gasteiger partial charge in [-0.05, 0) is 65.4 Å². The number of Topliss-reactive ketones (excluding diaryl/α,β-unsaturated/α-hetero) is 1. The molecule has 1 heterocycles. The Balaban J connectivity index is 1.99. The van der Waals surface area contributed by atoms with Crippen molar-refractivity contribution in [1.82, 2.24) is 0 Å². The number of hydrogen-bond donors (Lipinski definition) is 1. The summed E-state index contributed by atoms with van der Waals surface area (Å²) < 4.78 is 5.56. The molecule has 3 aromatic carbocycles. The van der Waals surface area contributed by atoms with Gasteiger partial charge < -0.3 is 14.7 Å². The lowest BCUT2D eigenvalue weighted by Gasteiger charge is -2.26. The third-order valence-corrected chi connectivity index (χ3v) is 6.77. The van der Waals surface area contributed by atoms with Crippen LogP contribution in [0.15, 0.2) is 72.3 Å². The van der Waals surface area contributed by atoms with Gasteiger partial charge in [-0.3, -0.25) is 14.5 Å². The summed E-state index contributed by atoms with van der Waals surface area (Å²) in [6, 6.07) is 19.9. The van der Waals surface area contributed by atoms with Crippen LogP contribution in [0.2, 0.25) is 0 Å². The van der Waals surface area contributed by atoms with Gasteiger partial charge in [0, 0.05) is 25.5 Å². The van der Waals surface area contributed by atoms with Crippen molar-refractivity contribution in [3.05, 3.63) is 94.6 Å². The van der Waals surface area contributed by atoms with Crippen LogP contribution in [0.3, 0.4) is 0 Å². The molecule has 6 heteroatoms. The summed E-state index contributed by atoms with van der Waals surface area (Å²) in [4.78, 5) is 30.5. The molecule has 1 amide bonds. The number of benzene rings is 3. The zero-order valence-corrected chi connectivity index (χ0v) is 22.5. The SMILES string of the molecule is COc1ccc(C(C)(C)C)cc1/C(O)=C1\C(=O)C(=O)N(c2cccc(C)c2)C1c1ccc(N(C)C)cc1. The molecule has 0 spiro atoms. The molecular weight excluding hydrogens is 464 g/mol. The maximum absolute atomic E-state index is 13.6. The number of aryl methyl sites for hydroxylation is 1. The summed E-state index contributed by atoms with van der Waals surface area (Å²) in [5.41, 5.74) is 4.44. The van der Waals surface area contributed by atoms with Crippen molar-refractivity contribution in [2.45, 2.75) is 39.2 Å². The number of ether oxygens (including phenoxy) is 1. The number of anilines is 2. The Hall–Kier alpha value is -4.06. The Bertz CT molecular complexity index is 1380. The van der Waals surface area contributed by atoms with Crippen LogP contribution in [0.25, 0.3) is 5.76 Å². The molecule has 1 atom stereocenters. The zero-order chi connectivity index (χ0) is 27.1. The molecule has 37 heavy (non-hydrogen) atoms. The molecule has 3 aromatic rings. The Morgan fingerprint density at radius 1 is 0.973 bits per heavy atom. The summed E-state index contributed by atoms with van der Waals surface area (Å²) in [5, 5.41) is 11.7.